The molecule has 1 N–H and O–H groups in total. The third-order valence-corrected chi connectivity index (χ3v) is 3.21. The maximum absolute atomic E-state index is 11.9. The Hall–Kier alpha value is -1.80. The lowest BCUT2D eigenvalue weighted by Gasteiger charge is -2.20. The highest BCUT2D eigenvalue weighted by atomic mass is 32.2. The third kappa shape index (κ3) is 3.84. The van der Waals surface area contributed by atoms with E-state index >= 15 is 0 Å². The highest BCUT2D eigenvalue weighted by Gasteiger charge is 2.21. The molecule has 0 aliphatic carbocycles. The van der Waals surface area contributed by atoms with E-state index in [1.165, 1.54) is 0 Å². The average molecular weight is 301 g/mol. The van der Waals surface area contributed by atoms with Gasteiger partial charge in [-0.15, -0.1) is 0 Å². The van der Waals surface area contributed by atoms with E-state index in [4.69, 9.17) is 14.2 Å². The van der Waals surface area contributed by atoms with Gasteiger partial charge in [0.1, 0.15) is 25.4 Å². The molecule has 20 heavy (non-hydrogen) atoms. The van der Waals surface area contributed by atoms with E-state index in [-0.39, 0.29) is 18.7 Å². The molecule has 0 spiro atoms. The Morgan fingerprint density at radius 1 is 1.35 bits per heavy atom. The number of rotatable bonds is 5. The number of benzene rings is 1. The largest absolute Gasteiger partial charge is 0.486 e. The van der Waals surface area contributed by atoms with E-state index < -0.39 is 16.0 Å². The lowest BCUT2D eigenvalue weighted by atomic mass is 10.2. The predicted octanol–water partition coefficient (Wildman–Crippen LogP) is 0.164. The van der Waals surface area contributed by atoms with Gasteiger partial charge in [0.25, 0.3) is 0 Å². The van der Waals surface area contributed by atoms with Crippen molar-refractivity contribution in [3.8, 4) is 11.5 Å². The van der Waals surface area contributed by atoms with Gasteiger partial charge in [-0.3, -0.25) is 0 Å². The first-order valence-electron chi connectivity index (χ1n) is 5.98. The third-order valence-electron chi connectivity index (χ3n) is 2.49. The number of hydrogen-bond donors (Lipinski definition) is 1. The zero-order chi connectivity index (χ0) is 14.6. The molecule has 0 fully saturated rings. The van der Waals surface area contributed by atoms with Gasteiger partial charge in [0.05, 0.1) is 6.26 Å². The van der Waals surface area contributed by atoms with Crippen LogP contribution in [-0.2, 0) is 14.8 Å². The van der Waals surface area contributed by atoms with Gasteiger partial charge in [0.2, 0.25) is 10.0 Å². The molecule has 8 heteroatoms. The molecule has 0 unspecified atom stereocenters. The highest BCUT2D eigenvalue weighted by molar-refractivity contribution is 7.88. The van der Waals surface area contributed by atoms with Crippen molar-refractivity contribution in [1.82, 2.24) is 4.72 Å². The van der Waals surface area contributed by atoms with E-state index in [1.54, 1.807) is 18.2 Å². The molecule has 0 saturated heterocycles. The second-order valence-electron chi connectivity index (χ2n) is 4.13. The minimum atomic E-state index is -3.29. The van der Waals surface area contributed by atoms with E-state index in [9.17, 15) is 13.2 Å². The Balaban J connectivity index is 1.96. The number of hydrogen-bond acceptors (Lipinski definition) is 6. The van der Waals surface area contributed by atoms with E-state index in [0.717, 1.165) is 6.26 Å². The van der Waals surface area contributed by atoms with Crippen LogP contribution in [0.2, 0.25) is 0 Å². The summed E-state index contributed by atoms with van der Waals surface area (Å²) in [5, 5.41) is 0. The van der Waals surface area contributed by atoms with Crippen LogP contribution in [0.4, 0.5) is 0 Å². The van der Waals surface area contributed by atoms with E-state index in [1.807, 2.05) is 0 Å². The molecule has 0 radical (unpaired) electrons. The standard InChI is InChI=1S/C12H15NO6S/c1-20(15,16)13-5-6-19-12(14)9-3-2-4-10-11(9)18-8-7-17-10/h2-4,13H,5-8H2,1H3. The number of esters is 1. The molecule has 0 atom stereocenters. The van der Waals surface area contributed by atoms with Crippen molar-refractivity contribution in [2.24, 2.45) is 0 Å². The van der Waals surface area contributed by atoms with Gasteiger partial charge in [-0.2, -0.15) is 0 Å². The zero-order valence-corrected chi connectivity index (χ0v) is 11.7. The molecule has 110 valence electrons. The van der Waals surface area contributed by atoms with Crippen molar-refractivity contribution in [1.29, 1.82) is 0 Å². The van der Waals surface area contributed by atoms with Gasteiger partial charge in [-0.05, 0) is 12.1 Å². The normalized spacial score (nSPS) is 13.8. The maximum Gasteiger partial charge on any atom is 0.342 e. The van der Waals surface area contributed by atoms with Gasteiger partial charge in [0.15, 0.2) is 11.5 Å². The van der Waals surface area contributed by atoms with Crippen LogP contribution >= 0.6 is 0 Å². The molecule has 0 amide bonds. The number of fused-ring (bicyclic) bond motifs is 1. The quantitative estimate of drug-likeness (QED) is 0.615. The SMILES string of the molecule is CS(=O)(=O)NCCOC(=O)c1cccc2c1OCCO2. The van der Waals surface area contributed by atoms with Crippen molar-refractivity contribution in [3.63, 3.8) is 0 Å². The van der Waals surface area contributed by atoms with E-state index in [2.05, 4.69) is 4.72 Å². The molecule has 0 saturated carbocycles. The van der Waals surface area contributed by atoms with Crippen LogP contribution in [0.5, 0.6) is 11.5 Å². The van der Waals surface area contributed by atoms with Gasteiger partial charge in [0, 0.05) is 6.54 Å². The first kappa shape index (κ1) is 14.6. The Kier molecular flexibility index (Phi) is 4.46. The Bertz CT molecular complexity index is 598. The summed E-state index contributed by atoms with van der Waals surface area (Å²) in [7, 11) is -3.29. The summed E-state index contributed by atoms with van der Waals surface area (Å²) in [4.78, 5) is 11.9. The monoisotopic (exact) mass is 301 g/mol. The Morgan fingerprint density at radius 3 is 2.85 bits per heavy atom. The lowest BCUT2D eigenvalue weighted by molar-refractivity contribution is 0.0503. The summed E-state index contributed by atoms with van der Waals surface area (Å²) >= 11 is 0. The molecule has 1 aliphatic rings. The van der Waals surface area contributed by atoms with Crippen LogP contribution in [0, 0.1) is 0 Å². The average Bonchev–Trinajstić information content (AvgIpc) is 2.41. The Morgan fingerprint density at radius 2 is 2.10 bits per heavy atom. The summed E-state index contributed by atoms with van der Waals surface area (Å²) in [5.41, 5.74) is 0.265. The number of sulfonamides is 1. The van der Waals surface area contributed by atoms with Crippen molar-refractivity contribution < 1.29 is 27.4 Å². The smallest absolute Gasteiger partial charge is 0.342 e. The number of carbonyl (C=O) groups excluding carboxylic acids is 1. The molecule has 1 aromatic carbocycles. The molecular weight excluding hydrogens is 286 g/mol. The summed E-state index contributed by atoms with van der Waals surface area (Å²) in [6, 6.07) is 4.94. The molecule has 1 heterocycles. The Labute approximate surface area is 116 Å². The number of carbonyl (C=O) groups is 1. The molecule has 1 aliphatic heterocycles. The first-order chi connectivity index (χ1) is 9.47. The lowest BCUT2D eigenvalue weighted by Crippen LogP contribution is -2.27. The van der Waals surface area contributed by atoms with Crippen LogP contribution in [-0.4, -0.2) is 47.0 Å². The fraction of sp³-hybridized carbons (Fsp3) is 0.417. The molecule has 0 bridgehead atoms. The molecule has 2 rings (SSSR count). The number of nitrogens with one attached hydrogen (secondary N) is 1. The van der Waals surface area contributed by atoms with Gasteiger partial charge >= 0.3 is 5.97 Å². The molecule has 1 aromatic rings. The van der Waals surface area contributed by atoms with Crippen LogP contribution < -0.4 is 14.2 Å². The van der Waals surface area contributed by atoms with E-state index in [0.29, 0.717) is 24.7 Å². The summed E-state index contributed by atoms with van der Waals surface area (Å²) in [6.45, 7) is 0.768. The van der Waals surface area contributed by atoms with Crippen LogP contribution in [0.25, 0.3) is 0 Å². The first-order valence-corrected chi connectivity index (χ1v) is 7.87. The van der Waals surface area contributed by atoms with Crippen LogP contribution in [0.1, 0.15) is 10.4 Å². The van der Waals surface area contributed by atoms with Crippen molar-refractivity contribution in [3.05, 3.63) is 23.8 Å². The summed E-state index contributed by atoms with van der Waals surface area (Å²) < 4.78 is 39.7. The topological polar surface area (TPSA) is 90.9 Å². The highest BCUT2D eigenvalue weighted by Crippen LogP contribution is 2.33. The van der Waals surface area contributed by atoms with Crippen molar-refractivity contribution in [2.75, 3.05) is 32.6 Å². The second kappa shape index (κ2) is 6.10. The van der Waals surface area contributed by atoms with Gasteiger partial charge in [-0.1, -0.05) is 6.07 Å². The minimum absolute atomic E-state index is 0.0248. The van der Waals surface area contributed by atoms with Crippen LogP contribution in [0.3, 0.4) is 0 Å². The number of ether oxygens (including phenoxy) is 3. The second-order valence-corrected chi connectivity index (χ2v) is 5.97. The molecular formula is C12H15NO6S. The van der Waals surface area contributed by atoms with Gasteiger partial charge in [-0.25, -0.2) is 17.9 Å². The maximum atomic E-state index is 11.9. The summed E-state index contributed by atoms with van der Waals surface area (Å²) in [5.74, 6) is 0.280. The van der Waals surface area contributed by atoms with Gasteiger partial charge < -0.3 is 14.2 Å². The minimum Gasteiger partial charge on any atom is -0.486 e. The fourth-order valence-corrected chi connectivity index (χ4v) is 2.14. The fourth-order valence-electron chi connectivity index (χ4n) is 1.68. The zero-order valence-electron chi connectivity index (χ0n) is 10.9. The predicted molar refractivity (Wildman–Crippen MR) is 70.6 cm³/mol. The number of para-hydroxylation sites is 1. The molecule has 7 nitrogen and oxygen atoms in total. The van der Waals surface area contributed by atoms with Crippen LogP contribution in [0.15, 0.2) is 18.2 Å². The molecule has 0 aromatic heterocycles. The van der Waals surface area contributed by atoms with Crippen molar-refractivity contribution >= 4 is 16.0 Å². The van der Waals surface area contributed by atoms with Crippen molar-refractivity contribution in [2.45, 2.75) is 0 Å². The summed E-state index contributed by atoms with van der Waals surface area (Å²) in [6.07, 6.45) is 1.04.